The minimum Gasteiger partial charge on any atom is -0.379 e. The first kappa shape index (κ1) is 20.9. The molecule has 2 aliphatic rings. The number of nitrogen functional groups attached to an aromatic ring is 1. The highest BCUT2D eigenvalue weighted by molar-refractivity contribution is 6.04. The van der Waals surface area contributed by atoms with Crippen LogP contribution in [0.1, 0.15) is 16.7 Å². The predicted molar refractivity (Wildman–Crippen MR) is 134 cm³/mol. The summed E-state index contributed by atoms with van der Waals surface area (Å²) in [6.45, 7) is 5.48. The zero-order valence-electron chi connectivity index (χ0n) is 19.5. The average Bonchev–Trinajstić information content (AvgIpc) is 3.41. The highest BCUT2D eigenvalue weighted by Gasteiger charge is 2.24. The largest absolute Gasteiger partial charge is 0.379 e. The van der Waals surface area contributed by atoms with Crippen molar-refractivity contribution >= 4 is 34.3 Å². The summed E-state index contributed by atoms with van der Waals surface area (Å²) >= 11 is 0. The van der Waals surface area contributed by atoms with Crippen molar-refractivity contribution in [3.8, 4) is 11.5 Å². The van der Waals surface area contributed by atoms with Gasteiger partial charge in [-0.25, -0.2) is 0 Å². The van der Waals surface area contributed by atoms with Crippen molar-refractivity contribution in [1.29, 1.82) is 0 Å². The minimum absolute atomic E-state index is 0.143. The number of ether oxygens (including phenoxy) is 1. The minimum atomic E-state index is 0.143. The third-order valence-electron chi connectivity index (χ3n) is 6.82. The highest BCUT2D eigenvalue weighted by atomic mass is 16.5. The number of morpholine rings is 1. The van der Waals surface area contributed by atoms with E-state index in [4.69, 9.17) is 15.0 Å². The number of fused-ring (bicyclic) bond motifs is 3. The number of likely N-dealkylation sites (N-methyl/N-ethyl adjacent to an activating group) is 1. The molecule has 0 aliphatic carbocycles. The van der Waals surface area contributed by atoms with Gasteiger partial charge in [-0.15, -0.1) is 0 Å². The molecule has 174 valence electrons. The lowest BCUT2D eigenvalue weighted by atomic mass is 9.97. The number of hydrogen-bond acceptors (Lipinski definition) is 7. The molecule has 0 radical (unpaired) electrons. The number of aryl methyl sites for hydroxylation is 1. The Balaban J connectivity index is 1.35. The van der Waals surface area contributed by atoms with Gasteiger partial charge >= 0.3 is 0 Å². The molecule has 6 rings (SSSR count). The van der Waals surface area contributed by atoms with Crippen LogP contribution in [0, 0.1) is 0 Å². The van der Waals surface area contributed by atoms with Crippen molar-refractivity contribution in [2.75, 3.05) is 50.5 Å². The van der Waals surface area contributed by atoms with Gasteiger partial charge in [0.25, 0.3) is 11.8 Å². The fourth-order valence-corrected chi connectivity index (χ4v) is 5.12. The molecule has 0 spiro atoms. The van der Waals surface area contributed by atoms with Crippen LogP contribution in [0.4, 0.5) is 11.8 Å². The van der Waals surface area contributed by atoms with Crippen molar-refractivity contribution in [3.05, 3.63) is 59.2 Å². The van der Waals surface area contributed by atoms with Crippen molar-refractivity contribution in [2.24, 2.45) is 7.05 Å². The van der Waals surface area contributed by atoms with E-state index in [-0.39, 0.29) is 5.95 Å². The van der Waals surface area contributed by atoms with E-state index in [0.29, 0.717) is 5.89 Å². The van der Waals surface area contributed by atoms with Crippen LogP contribution in [0.3, 0.4) is 0 Å². The van der Waals surface area contributed by atoms with Gasteiger partial charge in [0.05, 0.1) is 18.7 Å². The maximum atomic E-state index is 5.66. The van der Waals surface area contributed by atoms with E-state index in [1.54, 1.807) is 0 Å². The molecule has 0 atom stereocenters. The van der Waals surface area contributed by atoms with Gasteiger partial charge in [0.1, 0.15) is 5.82 Å². The molecule has 0 bridgehead atoms. The van der Waals surface area contributed by atoms with Crippen LogP contribution in [0.15, 0.2) is 47.0 Å². The molecule has 4 aromatic rings. The summed E-state index contributed by atoms with van der Waals surface area (Å²) in [6.07, 6.45) is 2.32. The second kappa shape index (κ2) is 8.30. The molecule has 1 fully saturated rings. The van der Waals surface area contributed by atoms with Crippen LogP contribution in [-0.4, -0.2) is 59.5 Å². The Kier molecular flexibility index (Phi) is 5.12. The van der Waals surface area contributed by atoms with Crippen molar-refractivity contribution in [1.82, 2.24) is 19.6 Å². The predicted octanol–water partition coefficient (Wildman–Crippen LogP) is 3.63. The van der Waals surface area contributed by atoms with Crippen LogP contribution in [-0.2, 0) is 18.3 Å². The van der Waals surface area contributed by atoms with Gasteiger partial charge in [-0.2, -0.15) is 4.98 Å². The van der Waals surface area contributed by atoms with Gasteiger partial charge in [-0.3, -0.25) is 4.90 Å². The smallest absolute Gasteiger partial charge is 0.261 e. The zero-order valence-corrected chi connectivity index (χ0v) is 19.5. The number of anilines is 2. The topological polar surface area (TPSA) is 85.6 Å². The van der Waals surface area contributed by atoms with Crippen molar-refractivity contribution in [2.45, 2.75) is 6.54 Å². The number of benzene rings is 2. The Labute approximate surface area is 198 Å². The van der Waals surface area contributed by atoms with Gasteiger partial charge in [-0.1, -0.05) is 24.3 Å². The van der Waals surface area contributed by atoms with Gasteiger partial charge in [0, 0.05) is 56.8 Å². The summed E-state index contributed by atoms with van der Waals surface area (Å²) < 4.78 is 13.0. The molecule has 34 heavy (non-hydrogen) atoms. The van der Waals surface area contributed by atoms with Crippen LogP contribution in [0.5, 0.6) is 0 Å². The first-order valence-corrected chi connectivity index (χ1v) is 11.6. The van der Waals surface area contributed by atoms with Crippen molar-refractivity contribution < 1.29 is 9.26 Å². The summed E-state index contributed by atoms with van der Waals surface area (Å²) in [5.74, 6) is 1.77. The van der Waals surface area contributed by atoms with Crippen LogP contribution < -0.4 is 10.6 Å². The lowest BCUT2D eigenvalue weighted by molar-refractivity contribution is 0.0342. The van der Waals surface area contributed by atoms with Gasteiger partial charge < -0.3 is 24.5 Å². The first-order chi connectivity index (χ1) is 16.6. The molecule has 2 aliphatic heterocycles. The molecule has 1 saturated heterocycles. The van der Waals surface area contributed by atoms with E-state index in [1.807, 2.05) is 6.07 Å². The lowest BCUT2D eigenvalue weighted by Crippen LogP contribution is -2.35. The van der Waals surface area contributed by atoms with Crippen LogP contribution >= 0.6 is 0 Å². The second-order valence-corrected chi connectivity index (χ2v) is 9.10. The molecule has 8 nitrogen and oxygen atoms in total. The van der Waals surface area contributed by atoms with E-state index in [9.17, 15) is 0 Å². The standard InChI is InChI=1S/C26H28N6O2/c1-30-16-20(18-5-3-17(4-6-18)15-32-9-11-33-12-10-32)14-22-21-13-19(24-28-26(27)29-34-24)7-8-23(21)31(2)25(22)30/h3-8,13-14H,9-12,15-16H2,1-2H3,(H2,27,29). The highest BCUT2D eigenvalue weighted by Crippen LogP contribution is 2.40. The number of nitrogens with zero attached hydrogens (tertiary/aromatic N) is 5. The van der Waals surface area contributed by atoms with Gasteiger partial charge in [0.2, 0.25) is 0 Å². The Morgan fingerprint density at radius 3 is 2.50 bits per heavy atom. The molecule has 2 aromatic heterocycles. The molecule has 0 amide bonds. The third kappa shape index (κ3) is 3.65. The number of aromatic nitrogens is 3. The van der Waals surface area contributed by atoms with Crippen LogP contribution in [0.25, 0.3) is 34.0 Å². The molecular weight excluding hydrogens is 428 g/mol. The summed E-state index contributed by atoms with van der Waals surface area (Å²) in [5, 5.41) is 4.88. The first-order valence-electron chi connectivity index (χ1n) is 11.6. The molecule has 0 saturated carbocycles. The molecule has 4 heterocycles. The maximum absolute atomic E-state index is 5.66. The summed E-state index contributed by atoms with van der Waals surface area (Å²) in [6, 6.07) is 15.2. The Bertz CT molecular complexity index is 1380. The summed E-state index contributed by atoms with van der Waals surface area (Å²) in [7, 11) is 4.26. The number of hydrogen-bond donors (Lipinski definition) is 1. The van der Waals surface area contributed by atoms with E-state index in [0.717, 1.165) is 55.9 Å². The van der Waals surface area contributed by atoms with E-state index in [2.05, 4.69) is 81.1 Å². The number of rotatable bonds is 4. The molecular formula is C26H28N6O2. The summed E-state index contributed by atoms with van der Waals surface area (Å²) in [5.41, 5.74) is 12.8. The van der Waals surface area contributed by atoms with Crippen LogP contribution in [0.2, 0.25) is 0 Å². The second-order valence-electron chi connectivity index (χ2n) is 9.10. The number of nitrogens with two attached hydrogens (primary N) is 1. The Morgan fingerprint density at radius 2 is 1.76 bits per heavy atom. The molecule has 8 heteroatoms. The Hall–Kier alpha value is -3.62. The summed E-state index contributed by atoms with van der Waals surface area (Å²) in [4.78, 5) is 8.95. The SMILES string of the molecule is CN1CC(c2ccc(CN3CCOCC3)cc2)=Cc2c1n(C)c1ccc(-c3nc(N)no3)cc21. The quantitative estimate of drug-likeness (QED) is 0.502. The van der Waals surface area contributed by atoms with Gasteiger partial charge in [0.15, 0.2) is 0 Å². The van der Waals surface area contributed by atoms with E-state index >= 15 is 0 Å². The Morgan fingerprint density at radius 1 is 1.00 bits per heavy atom. The molecule has 2 N–H and O–H groups in total. The normalized spacial score (nSPS) is 16.6. The maximum Gasteiger partial charge on any atom is 0.261 e. The monoisotopic (exact) mass is 456 g/mol. The fourth-order valence-electron chi connectivity index (χ4n) is 5.12. The third-order valence-corrected chi connectivity index (χ3v) is 6.82. The van der Waals surface area contributed by atoms with Crippen molar-refractivity contribution in [3.63, 3.8) is 0 Å². The van der Waals surface area contributed by atoms with Gasteiger partial charge in [-0.05, 0) is 46.1 Å². The molecule has 0 unspecified atom stereocenters. The molecule has 2 aromatic carbocycles. The van der Waals surface area contributed by atoms with E-state index < -0.39 is 0 Å². The zero-order chi connectivity index (χ0) is 23.2. The fraction of sp³-hybridized carbons (Fsp3) is 0.308. The lowest BCUT2D eigenvalue weighted by Gasteiger charge is -2.28. The van der Waals surface area contributed by atoms with E-state index in [1.165, 1.54) is 28.1 Å². The average molecular weight is 457 g/mol.